The highest BCUT2D eigenvalue weighted by Gasteiger charge is 2.32. The summed E-state index contributed by atoms with van der Waals surface area (Å²) in [6.45, 7) is 3.00. The molecule has 130 valence electrons. The first-order valence-corrected chi connectivity index (χ1v) is 10.00. The molecule has 1 N–H and O–H groups in total. The van der Waals surface area contributed by atoms with Crippen molar-refractivity contribution < 1.29 is 17.9 Å². The molecular weight excluding hydrogens is 326 g/mol. The Kier molecular flexibility index (Phi) is 5.08. The van der Waals surface area contributed by atoms with E-state index >= 15 is 0 Å². The largest absolute Gasteiger partial charge is 0.460 e. The van der Waals surface area contributed by atoms with E-state index in [4.69, 9.17) is 4.42 Å². The third kappa shape index (κ3) is 4.06. The zero-order valence-electron chi connectivity index (χ0n) is 13.8. The molecule has 1 fully saturated rings. The van der Waals surface area contributed by atoms with Crippen molar-refractivity contribution in [2.45, 2.75) is 25.9 Å². The lowest BCUT2D eigenvalue weighted by atomic mass is 10.1. The first-order valence-electron chi connectivity index (χ1n) is 8.18. The summed E-state index contributed by atoms with van der Waals surface area (Å²) in [4.78, 5) is 2.00. The number of benzene rings is 1. The van der Waals surface area contributed by atoms with Crippen LogP contribution in [0, 0.1) is 6.92 Å². The Bertz CT molecular complexity index is 780. The Morgan fingerprint density at radius 1 is 1.21 bits per heavy atom. The summed E-state index contributed by atoms with van der Waals surface area (Å²) in [6.07, 6.45) is 0.619. The highest BCUT2D eigenvalue weighted by Crippen LogP contribution is 2.25. The van der Waals surface area contributed by atoms with E-state index in [2.05, 4.69) is 0 Å². The lowest BCUT2D eigenvalue weighted by Gasteiger charge is -2.26. The van der Waals surface area contributed by atoms with Gasteiger partial charge in [-0.2, -0.15) is 0 Å². The lowest BCUT2D eigenvalue weighted by Crippen LogP contribution is -2.37. The molecule has 0 bridgehead atoms. The van der Waals surface area contributed by atoms with Crippen LogP contribution in [0.5, 0.6) is 0 Å². The summed E-state index contributed by atoms with van der Waals surface area (Å²) in [6, 6.07) is 11.9. The summed E-state index contributed by atoms with van der Waals surface area (Å²) in [5, 5.41) is 9.29. The number of aliphatic hydroxyl groups excluding tert-OH is 1. The molecule has 0 saturated carbocycles. The van der Waals surface area contributed by atoms with Crippen molar-refractivity contribution in [3.8, 4) is 11.3 Å². The van der Waals surface area contributed by atoms with Gasteiger partial charge in [0.05, 0.1) is 24.7 Å². The van der Waals surface area contributed by atoms with Gasteiger partial charge in [0, 0.05) is 18.2 Å². The maximum atomic E-state index is 11.7. The van der Waals surface area contributed by atoms with Crippen molar-refractivity contribution in [3.05, 3.63) is 47.7 Å². The highest BCUT2D eigenvalue weighted by atomic mass is 32.2. The molecule has 1 aromatic carbocycles. The van der Waals surface area contributed by atoms with Gasteiger partial charge in [-0.3, -0.25) is 4.90 Å². The second kappa shape index (κ2) is 7.09. The Morgan fingerprint density at radius 3 is 2.58 bits per heavy atom. The van der Waals surface area contributed by atoms with Crippen molar-refractivity contribution in [3.63, 3.8) is 0 Å². The number of nitrogens with zero attached hydrogens (tertiary/aromatic N) is 1. The van der Waals surface area contributed by atoms with Crippen molar-refractivity contribution in [1.82, 2.24) is 4.90 Å². The second-order valence-electron chi connectivity index (χ2n) is 6.38. The molecule has 3 rings (SSSR count). The number of hydrogen-bond acceptors (Lipinski definition) is 5. The van der Waals surface area contributed by atoms with Gasteiger partial charge >= 0.3 is 0 Å². The minimum atomic E-state index is -2.95. The number of hydrogen-bond donors (Lipinski definition) is 1. The fourth-order valence-electron chi connectivity index (χ4n) is 3.12. The molecule has 2 heterocycles. The van der Waals surface area contributed by atoms with Crippen LogP contribution in [0.15, 0.2) is 40.8 Å². The van der Waals surface area contributed by atoms with Crippen LogP contribution in [-0.2, 0) is 16.4 Å². The Labute approximate surface area is 142 Å². The molecule has 1 saturated heterocycles. The van der Waals surface area contributed by atoms with E-state index in [0.717, 1.165) is 17.1 Å². The Balaban J connectivity index is 1.72. The summed E-state index contributed by atoms with van der Waals surface area (Å²) >= 11 is 0. The maximum Gasteiger partial charge on any atom is 0.151 e. The number of aryl methyl sites for hydroxylation is 1. The van der Waals surface area contributed by atoms with Gasteiger partial charge in [0.25, 0.3) is 0 Å². The summed E-state index contributed by atoms with van der Waals surface area (Å²) in [7, 11) is -2.95. The third-order valence-corrected chi connectivity index (χ3v) is 6.22. The summed E-state index contributed by atoms with van der Waals surface area (Å²) in [5.74, 6) is 1.97. The molecule has 24 heavy (non-hydrogen) atoms. The van der Waals surface area contributed by atoms with E-state index in [1.165, 1.54) is 5.56 Å². The van der Waals surface area contributed by atoms with Gasteiger partial charge in [-0.1, -0.05) is 29.8 Å². The minimum absolute atomic E-state index is 0.00206. The first kappa shape index (κ1) is 17.2. The predicted molar refractivity (Wildman–Crippen MR) is 93.4 cm³/mol. The molecule has 6 heteroatoms. The average molecular weight is 349 g/mol. The fraction of sp³-hybridized carbons (Fsp3) is 0.444. The lowest BCUT2D eigenvalue weighted by molar-refractivity contribution is 0.145. The Hall–Kier alpha value is -1.63. The van der Waals surface area contributed by atoms with E-state index in [1.807, 2.05) is 48.2 Å². The quantitative estimate of drug-likeness (QED) is 0.866. The predicted octanol–water partition coefficient (Wildman–Crippen LogP) is 2.24. The number of aliphatic hydroxyl groups is 1. The van der Waals surface area contributed by atoms with Crippen LogP contribution in [0.25, 0.3) is 11.3 Å². The number of rotatable bonds is 6. The topological polar surface area (TPSA) is 70.8 Å². The van der Waals surface area contributed by atoms with Crippen LogP contribution in [0.4, 0.5) is 0 Å². The molecule has 1 aromatic heterocycles. The molecule has 1 atom stereocenters. The van der Waals surface area contributed by atoms with E-state index in [-0.39, 0.29) is 24.2 Å². The van der Waals surface area contributed by atoms with Crippen LogP contribution in [0.2, 0.25) is 0 Å². The fourth-order valence-corrected chi connectivity index (χ4v) is 4.88. The van der Waals surface area contributed by atoms with Crippen LogP contribution in [0.1, 0.15) is 17.7 Å². The van der Waals surface area contributed by atoms with Gasteiger partial charge in [0.2, 0.25) is 0 Å². The average Bonchev–Trinajstić information content (AvgIpc) is 3.14. The van der Waals surface area contributed by atoms with Gasteiger partial charge in [-0.15, -0.1) is 0 Å². The molecule has 5 nitrogen and oxygen atoms in total. The third-order valence-electron chi connectivity index (χ3n) is 4.47. The normalized spacial score (nSPS) is 19.9. The summed E-state index contributed by atoms with van der Waals surface area (Å²) < 4.78 is 29.3. The van der Waals surface area contributed by atoms with Crippen LogP contribution in [0.3, 0.4) is 0 Å². The van der Waals surface area contributed by atoms with Gasteiger partial charge in [-0.25, -0.2) is 8.42 Å². The zero-order chi connectivity index (χ0) is 17.2. The molecule has 0 aliphatic carbocycles. The van der Waals surface area contributed by atoms with Crippen LogP contribution >= 0.6 is 0 Å². The number of furan rings is 1. The maximum absolute atomic E-state index is 11.7. The van der Waals surface area contributed by atoms with Gasteiger partial charge in [-0.05, 0) is 25.5 Å². The molecule has 2 aromatic rings. The standard InChI is InChI=1S/C18H23NO4S/c1-14-2-4-15(5-3-14)18-7-6-17(23-18)12-19(9-10-20)16-8-11-24(21,22)13-16/h2-7,16,20H,8-13H2,1H3. The van der Waals surface area contributed by atoms with Crippen molar-refractivity contribution in [2.24, 2.45) is 0 Å². The summed E-state index contributed by atoms with van der Waals surface area (Å²) in [5.41, 5.74) is 2.21. The Morgan fingerprint density at radius 2 is 1.96 bits per heavy atom. The van der Waals surface area contributed by atoms with Crippen molar-refractivity contribution >= 4 is 9.84 Å². The van der Waals surface area contributed by atoms with Crippen molar-refractivity contribution in [2.75, 3.05) is 24.7 Å². The van der Waals surface area contributed by atoms with Gasteiger partial charge in [0.15, 0.2) is 9.84 Å². The zero-order valence-corrected chi connectivity index (χ0v) is 14.6. The van der Waals surface area contributed by atoms with E-state index in [1.54, 1.807) is 0 Å². The SMILES string of the molecule is Cc1ccc(-c2ccc(CN(CCO)C3CCS(=O)(=O)C3)o2)cc1. The molecular formula is C18H23NO4S. The monoisotopic (exact) mass is 349 g/mol. The van der Waals surface area contributed by atoms with Crippen LogP contribution < -0.4 is 0 Å². The highest BCUT2D eigenvalue weighted by molar-refractivity contribution is 7.91. The van der Waals surface area contributed by atoms with Gasteiger partial charge < -0.3 is 9.52 Å². The van der Waals surface area contributed by atoms with Crippen molar-refractivity contribution in [1.29, 1.82) is 0 Å². The van der Waals surface area contributed by atoms with Crippen LogP contribution in [-0.4, -0.2) is 49.1 Å². The van der Waals surface area contributed by atoms with Gasteiger partial charge in [0.1, 0.15) is 11.5 Å². The molecule has 1 aliphatic rings. The molecule has 1 unspecified atom stereocenters. The molecule has 0 radical (unpaired) electrons. The smallest absolute Gasteiger partial charge is 0.151 e. The van der Waals surface area contributed by atoms with E-state index in [9.17, 15) is 13.5 Å². The molecule has 0 amide bonds. The molecule has 1 aliphatic heterocycles. The minimum Gasteiger partial charge on any atom is -0.460 e. The van der Waals surface area contributed by atoms with E-state index < -0.39 is 9.84 Å². The van der Waals surface area contributed by atoms with E-state index in [0.29, 0.717) is 19.5 Å². The second-order valence-corrected chi connectivity index (χ2v) is 8.61. The molecule has 0 spiro atoms. The first-order chi connectivity index (χ1) is 11.5. The number of sulfone groups is 1.